The molecule has 0 aromatic carbocycles. The van der Waals surface area contributed by atoms with Crippen molar-refractivity contribution in [3.8, 4) is 0 Å². The Hall–Kier alpha value is -0.0400. The monoisotopic (exact) mass is 185 g/mol. The molecular formula is C12H27N. The molecule has 0 fully saturated rings. The van der Waals surface area contributed by atoms with Crippen LogP contribution in [0.5, 0.6) is 0 Å². The van der Waals surface area contributed by atoms with Crippen molar-refractivity contribution in [1.82, 2.24) is 5.32 Å². The van der Waals surface area contributed by atoms with Gasteiger partial charge in [0.1, 0.15) is 0 Å². The molecule has 80 valence electrons. The molecule has 1 nitrogen and oxygen atoms in total. The van der Waals surface area contributed by atoms with Crippen LogP contribution in [0.3, 0.4) is 0 Å². The van der Waals surface area contributed by atoms with Crippen LogP contribution in [-0.2, 0) is 0 Å². The molecule has 0 radical (unpaired) electrons. The standard InChI is InChI=1S/C12H27N/c1-5-7-11(3)12(4)8-10-13-9-6-2/h11-13H,5-10H2,1-4H3. The highest BCUT2D eigenvalue weighted by Crippen LogP contribution is 2.19. The first-order chi connectivity index (χ1) is 6.22. The van der Waals surface area contributed by atoms with Crippen LogP contribution in [-0.4, -0.2) is 13.1 Å². The van der Waals surface area contributed by atoms with Crippen LogP contribution in [0.25, 0.3) is 0 Å². The molecule has 13 heavy (non-hydrogen) atoms. The highest BCUT2D eigenvalue weighted by molar-refractivity contribution is 4.62. The van der Waals surface area contributed by atoms with Crippen molar-refractivity contribution in [3.63, 3.8) is 0 Å². The average molecular weight is 185 g/mol. The Kier molecular flexibility index (Phi) is 8.53. The Labute approximate surface area is 84.3 Å². The lowest BCUT2D eigenvalue weighted by Crippen LogP contribution is -2.20. The summed E-state index contributed by atoms with van der Waals surface area (Å²) in [6.07, 6.45) is 5.29. The van der Waals surface area contributed by atoms with Crippen LogP contribution >= 0.6 is 0 Å². The molecule has 0 heterocycles. The second kappa shape index (κ2) is 8.55. The summed E-state index contributed by atoms with van der Waals surface area (Å²) < 4.78 is 0. The van der Waals surface area contributed by atoms with Gasteiger partial charge in [-0.15, -0.1) is 0 Å². The molecule has 0 spiro atoms. The van der Waals surface area contributed by atoms with E-state index in [2.05, 4.69) is 33.0 Å². The maximum atomic E-state index is 3.46. The van der Waals surface area contributed by atoms with E-state index in [1.165, 1.54) is 38.8 Å². The van der Waals surface area contributed by atoms with Gasteiger partial charge in [-0.05, 0) is 37.8 Å². The van der Waals surface area contributed by atoms with Crippen LogP contribution in [0.15, 0.2) is 0 Å². The Morgan fingerprint density at radius 3 is 2.00 bits per heavy atom. The number of hydrogen-bond acceptors (Lipinski definition) is 1. The van der Waals surface area contributed by atoms with E-state index < -0.39 is 0 Å². The van der Waals surface area contributed by atoms with Crippen LogP contribution in [0.4, 0.5) is 0 Å². The summed E-state index contributed by atoms with van der Waals surface area (Å²) in [6.45, 7) is 11.6. The third-order valence-electron chi connectivity index (χ3n) is 2.92. The number of rotatable bonds is 8. The highest BCUT2D eigenvalue weighted by atomic mass is 14.8. The van der Waals surface area contributed by atoms with Crippen LogP contribution in [0.2, 0.25) is 0 Å². The Balaban J connectivity index is 3.32. The fraction of sp³-hybridized carbons (Fsp3) is 1.00. The van der Waals surface area contributed by atoms with Crippen molar-refractivity contribution in [2.24, 2.45) is 11.8 Å². The predicted octanol–water partition coefficient (Wildman–Crippen LogP) is 3.45. The topological polar surface area (TPSA) is 12.0 Å². The SMILES string of the molecule is CCCNCCC(C)C(C)CCC. The second-order valence-corrected chi connectivity index (χ2v) is 4.28. The molecule has 1 N–H and O–H groups in total. The average Bonchev–Trinajstić information content (AvgIpc) is 2.12. The van der Waals surface area contributed by atoms with Crippen LogP contribution in [0.1, 0.15) is 53.4 Å². The van der Waals surface area contributed by atoms with Crippen molar-refractivity contribution >= 4 is 0 Å². The molecule has 2 unspecified atom stereocenters. The molecule has 0 amide bonds. The van der Waals surface area contributed by atoms with Gasteiger partial charge in [-0.1, -0.05) is 40.5 Å². The third-order valence-corrected chi connectivity index (χ3v) is 2.92. The molecular weight excluding hydrogens is 158 g/mol. The predicted molar refractivity (Wildman–Crippen MR) is 61.0 cm³/mol. The molecule has 0 aliphatic carbocycles. The molecule has 2 atom stereocenters. The van der Waals surface area contributed by atoms with Gasteiger partial charge in [-0.3, -0.25) is 0 Å². The quantitative estimate of drug-likeness (QED) is 0.571. The molecule has 0 saturated heterocycles. The Bertz CT molecular complexity index is 101. The van der Waals surface area contributed by atoms with Crippen molar-refractivity contribution in [1.29, 1.82) is 0 Å². The van der Waals surface area contributed by atoms with E-state index in [-0.39, 0.29) is 0 Å². The molecule has 0 aromatic heterocycles. The van der Waals surface area contributed by atoms with E-state index in [1.807, 2.05) is 0 Å². The minimum absolute atomic E-state index is 0.879. The number of hydrogen-bond donors (Lipinski definition) is 1. The Morgan fingerprint density at radius 1 is 0.846 bits per heavy atom. The van der Waals surface area contributed by atoms with E-state index in [4.69, 9.17) is 0 Å². The van der Waals surface area contributed by atoms with Gasteiger partial charge in [0.25, 0.3) is 0 Å². The first kappa shape index (κ1) is 13.0. The van der Waals surface area contributed by atoms with Crippen molar-refractivity contribution in [3.05, 3.63) is 0 Å². The molecule has 0 rings (SSSR count). The summed E-state index contributed by atoms with van der Waals surface area (Å²) in [6, 6.07) is 0. The van der Waals surface area contributed by atoms with E-state index in [0.717, 1.165) is 11.8 Å². The first-order valence-electron chi connectivity index (χ1n) is 5.93. The van der Waals surface area contributed by atoms with Gasteiger partial charge in [0, 0.05) is 0 Å². The minimum Gasteiger partial charge on any atom is -0.317 e. The second-order valence-electron chi connectivity index (χ2n) is 4.28. The summed E-state index contributed by atoms with van der Waals surface area (Å²) in [5, 5.41) is 3.46. The maximum Gasteiger partial charge on any atom is -0.00463 e. The van der Waals surface area contributed by atoms with E-state index in [1.54, 1.807) is 0 Å². The van der Waals surface area contributed by atoms with Crippen LogP contribution < -0.4 is 5.32 Å². The minimum atomic E-state index is 0.879. The summed E-state index contributed by atoms with van der Waals surface area (Å²) >= 11 is 0. The molecule has 0 aliphatic heterocycles. The summed E-state index contributed by atoms with van der Waals surface area (Å²) in [4.78, 5) is 0. The summed E-state index contributed by atoms with van der Waals surface area (Å²) in [5.74, 6) is 1.78. The van der Waals surface area contributed by atoms with Gasteiger partial charge >= 0.3 is 0 Å². The smallest absolute Gasteiger partial charge is 0.00463 e. The maximum absolute atomic E-state index is 3.46. The van der Waals surface area contributed by atoms with Gasteiger partial charge in [0.2, 0.25) is 0 Å². The van der Waals surface area contributed by atoms with E-state index in [9.17, 15) is 0 Å². The largest absolute Gasteiger partial charge is 0.317 e. The molecule has 0 aromatic rings. The third kappa shape index (κ3) is 7.06. The molecule has 0 saturated carbocycles. The van der Waals surface area contributed by atoms with Crippen molar-refractivity contribution < 1.29 is 0 Å². The lowest BCUT2D eigenvalue weighted by Gasteiger charge is -2.19. The van der Waals surface area contributed by atoms with E-state index in [0.29, 0.717) is 0 Å². The van der Waals surface area contributed by atoms with Gasteiger partial charge in [-0.2, -0.15) is 0 Å². The fourth-order valence-corrected chi connectivity index (χ4v) is 1.66. The lowest BCUT2D eigenvalue weighted by molar-refractivity contribution is 0.336. The zero-order valence-electron chi connectivity index (χ0n) is 9.90. The zero-order valence-corrected chi connectivity index (χ0v) is 9.90. The molecule has 0 bridgehead atoms. The van der Waals surface area contributed by atoms with Crippen LogP contribution in [0, 0.1) is 11.8 Å². The van der Waals surface area contributed by atoms with Gasteiger partial charge in [0.05, 0.1) is 0 Å². The van der Waals surface area contributed by atoms with Gasteiger partial charge in [-0.25, -0.2) is 0 Å². The lowest BCUT2D eigenvalue weighted by atomic mass is 9.89. The van der Waals surface area contributed by atoms with Crippen molar-refractivity contribution in [2.75, 3.05) is 13.1 Å². The normalized spacial score (nSPS) is 15.7. The number of nitrogens with one attached hydrogen (secondary N) is 1. The van der Waals surface area contributed by atoms with Crippen molar-refractivity contribution in [2.45, 2.75) is 53.4 Å². The highest BCUT2D eigenvalue weighted by Gasteiger charge is 2.09. The molecule has 0 aliphatic rings. The Morgan fingerprint density at radius 2 is 1.46 bits per heavy atom. The zero-order chi connectivity index (χ0) is 10.1. The van der Waals surface area contributed by atoms with Gasteiger partial charge in [0.15, 0.2) is 0 Å². The fourth-order valence-electron chi connectivity index (χ4n) is 1.66. The first-order valence-corrected chi connectivity index (χ1v) is 5.93. The van der Waals surface area contributed by atoms with Gasteiger partial charge < -0.3 is 5.32 Å². The van der Waals surface area contributed by atoms with E-state index >= 15 is 0 Å². The summed E-state index contributed by atoms with van der Waals surface area (Å²) in [7, 11) is 0. The summed E-state index contributed by atoms with van der Waals surface area (Å²) in [5.41, 5.74) is 0. The molecule has 1 heteroatoms.